The molecule has 1 aromatic carbocycles. The van der Waals surface area contributed by atoms with Crippen LogP contribution in [0, 0.1) is 0 Å². The molecule has 5 nitrogen and oxygen atoms in total. The Morgan fingerprint density at radius 2 is 1.86 bits per heavy atom. The van der Waals surface area contributed by atoms with Crippen LogP contribution >= 0.6 is 0 Å². The number of aryl methyl sites for hydroxylation is 1. The molecule has 0 aliphatic heterocycles. The highest BCUT2D eigenvalue weighted by molar-refractivity contribution is 5.39. The van der Waals surface area contributed by atoms with E-state index in [0.29, 0.717) is 0 Å². The van der Waals surface area contributed by atoms with E-state index in [1.54, 1.807) is 23.3 Å². The smallest absolute Gasteiger partial charge is 0.173 e. The van der Waals surface area contributed by atoms with Crippen LogP contribution in [-0.2, 0) is 13.0 Å². The second-order valence-corrected chi connectivity index (χ2v) is 5.21. The lowest BCUT2D eigenvalue weighted by Crippen LogP contribution is -2.18. The number of nitrogens with zero attached hydrogens (tertiary/aromatic N) is 5. The van der Waals surface area contributed by atoms with Crippen molar-refractivity contribution in [3.8, 4) is 5.82 Å². The topological polar surface area (TPSA) is 46.8 Å². The van der Waals surface area contributed by atoms with Crippen molar-refractivity contribution in [2.75, 3.05) is 11.9 Å². The molecule has 3 rings (SSSR count). The van der Waals surface area contributed by atoms with E-state index < -0.39 is 0 Å². The Balaban J connectivity index is 1.76. The van der Waals surface area contributed by atoms with Gasteiger partial charge in [-0.3, -0.25) is 4.98 Å². The molecular formula is C17H19N5. The van der Waals surface area contributed by atoms with Gasteiger partial charge >= 0.3 is 0 Å². The van der Waals surface area contributed by atoms with E-state index in [0.717, 1.165) is 24.6 Å². The molecule has 0 N–H and O–H groups in total. The maximum absolute atomic E-state index is 4.61. The Hall–Kier alpha value is -2.69. The molecule has 3 aromatic rings. The second kappa shape index (κ2) is 6.39. The zero-order valence-corrected chi connectivity index (χ0v) is 12.8. The lowest BCUT2D eigenvalue weighted by molar-refractivity contribution is 0.818. The fourth-order valence-electron chi connectivity index (χ4n) is 2.28. The SMILES string of the molecule is CCc1ccc(CN(C)c2cncc(-n3cccn3)n2)cc1. The van der Waals surface area contributed by atoms with Gasteiger partial charge in [-0.15, -0.1) is 0 Å². The van der Waals surface area contributed by atoms with Gasteiger partial charge in [-0.25, -0.2) is 9.67 Å². The Labute approximate surface area is 130 Å². The number of benzene rings is 1. The third-order valence-electron chi connectivity index (χ3n) is 3.59. The largest absolute Gasteiger partial charge is 0.354 e. The van der Waals surface area contributed by atoms with Gasteiger partial charge in [-0.1, -0.05) is 31.2 Å². The average molecular weight is 293 g/mol. The lowest BCUT2D eigenvalue weighted by Gasteiger charge is -2.18. The number of rotatable bonds is 5. The van der Waals surface area contributed by atoms with Crippen LogP contribution in [0.4, 0.5) is 5.82 Å². The van der Waals surface area contributed by atoms with Crippen molar-refractivity contribution < 1.29 is 0 Å². The second-order valence-electron chi connectivity index (χ2n) is 5.21. The highest BCUT2D eigenvalue weighted by atomic mass is 15.3. The summed E-state index contributed by atoms with van der Waals surface area (Å²) >= 11 is 0. The summed E-state index contributed by atoms with van der Waals surface area (Å²) in [5, 5.41) is 4.19. The highest BCUT2D eigenvalue weighted by Gasteiger charge is 2.07. The minimum absolute atomic E-state index is 0.718. The molecule has 0 saturated heterocycles. The summed E-state index contributed by atoms with van der Waals surface area (Å²) in [4.78, 5) is 11.0. The number of anilines is 1. The molecule has 0 radical (unpaired) electrons. The van der Waals surface area contributed by atoms with Gasteiger partial charge in [0.1, 0.15) is 5.82 Å². The van der Waals surface area contributed by atoms with Crippen molar-refractivity contribution in [3.05, 3.63) is 66.2 Å². The molecular weight excluding hydrogens is 274 g/mol. The standard InChI is InChI=1S/C17H19N5/c1-3-14-5-7-15(8-6-14)13-21(2)16-11-18-12-17(20-16)22-10-4-9-19-22/h4-12H,3,13H2,1-2H3. The van der Waals surface area contributed by atoms with Crippen LogP contribution < -0.4 is 4.90 Å². The third kappa shape index (κ3) is 3.14. The van der Waals surface area contributed by atoms with Gasteiger partial charge in [0.25, 0.3) is 0 Å². The Kier molecular flexibility index (Phi) is 4.14. The quantitative estimate of drug-likeness (QED) is 0.725. The lowest BCUT2D eigenvalue weighted by atomic mass is 10.1. The first-order valence-corrected chi connectivity index (χ1v) is 7.37. The van der Waals surface area contributed by atoms with Gasteiger partial charge in [0, 0.05) is 26.0 Å². The summed E-state index contributed by atoms with van der Waals surface area (Å²) in [6.07, 6.45) is 8.13. The van der Waals surface area contributed by atoms with Gasteiger partial charge in [0.05, 0.1) is 12.4 Å². The van der Waals surface area contributed by atoms with Crippen LogP contribution in [0.1, 0.15) is 18.1 Å². The molecule has 0 amide bonds. The molecule has 2 heterocycles. The van der Waals surface area contributed by atoms with Crippen molar-refractivity contribution in [2.24, 2.45) is 0 Å². The summed E-state index contributed by atoms with van der Waals surface area (Å²) in [6, 6.07) is 10.6. The maximum atomic E-state index is 4.61. The average Bonchev–Trinajstić information content (AvgIpc) is 3.10. The molecule has 0 unspecified atom stereocenters. The van der Waals surface area contributed by atoms with Crippen molar-refractivity contribution >= 4 is 5.82 Å². The van der Waals surface area contributed by atoms with Crippen LogP contribution in [0.5, 0.6) is 0 Å². The van der Waals surface area contributed by atoms with Crippen molar-refractivity contribution in [1.29, 1.82) is 0 Å². The molecule has 112 valence electrons. The van der Waals surface area contributed by atoms with Gasteiger partial charge in [-0.2, -0.15) is 5.10 Å². The van der Waals surface area contributed by atoms with Crippen molar-refractivity contribution in [2.45, 2.75) is 19.9 Å². The number of aromatic nitrogens is 4. The van der Waals surface area contributed by atoms with Crippen LogP contribution in [0.25, 0.3) is 5.82 Å². The summed E-state index contributed by atoms with van der Waals surface area (Å²) < 4.78 is 1.71. The maximum Gasteiger partial charge on any atom is 0.173 e. The molecule has 22 heavy (non-hydrogen) atoms. The summed E-state index contributed by atoms with van der Waals surface area (Å²) in [7, 11) is 2.02. The molecule has 0 saturated carbocycles. The monoisotopic (exact) mass is 293 g/mol. The summed E-state index contributed by atoms with van der Waals surface area (Å²) in [5.41, 5.74) is 2.61. The zero-order chi connectivity index (χ0) is 15.4. The van der Waals surface area contributed by atoms with Gasteiger partial charge in [-0.05, 0) is 23.6 Å². The van der Waals surface area contributed by atoms with E-state index in [1.165, 1.54) is 11.1 Å². The molecule has 0 bridgehead atoms. The van der Waals surface area contributed by atoms with E-state index in [-0.39, 0.29) is 0 Å². The molecule has 2 aromatic heterocycles. The number of hydrogen-bond donors (Lipinski definition) is 0. The summed E-state index contributed by atoms with van der Waals surface area (Å²) in [6.45, 7) is 2.96. The minimum atomic E-state index is 0.718. The fourth-order valence-corrected chi connectivity index (χ4v) is 2.28. The Morgan fingerprint density at radius 1 is 1.09 bits per heavy atom. The molecule has 0 fully saturated rings. The van der Waals surface area contributed by atoms with Crippen LogP contribution in [0.2, 0.25) is 0 Å². The first kappa shape index (κ1) is 14.3. The molecule has 0 spiro atoms. The molecule has 0 aliphatic rings. The molecule has 0 atom stereocenters. The van der Waals surface area contributed by atoms with E-state index in [9.17, 15) is 0 Å². The van der Waals surface area contributed by atoms with Crippen LogP contribution in [-0.4, -0.2) is 26.8 Å². The van der Waals surface area contributed by atoms with Gasteiger partial charge in [0.15, 0.2) is 5.82 Å². The van der Waals surface area contributed by atoms with Crippen LogP contribution in [0.15, 0.2) is 55.1 Å². The predicted octanol–water partition coefficient (Wildman–Crippen LogP) is 2.86. The van der Waals surface area contributed by atoms with Gasteiger partial charge < -0.3 is 4.90 Å². The first-order valence-electron chi connectivity index (χ1n) is 7.37. The Bertz CT molecular complexity index is 719. The van der Waals surface area contributed by atoms with Crippen LogP contribution in [0.3, 0.4) is 0 Å². The molecule has 5 heteroatoms. The highest BCUT2D eigenvalue weighted by Crippen LogP contribution is 2.14. The predicted molar refractivity (Wildman–Crippen MR) is 87.1 cm³/mol. The zero-order valence-electron chi connectivity index (χ0n) is 12.8. The van der Waals surface area contributed by atoms with Gasteiger partial charge in [0.2, 0.25) is 0 Å². The minimum Gasteiger partial charge on any atom is -0.354 e. The van der Waals surface area contributed by atoms with E-state index in [1.807, 2.05) is 19.3 Å². The third-order valence-corrected chi connectivity index (χ3v) is 3.59. The number of hydrogen-bond acceptors (Lipinski definition) is 4. The fraction of sp³-hybridized carbons (Fsp3) is 0.235. The Morgan fingerprint density at radius 3 is 2.55 bits per heavy atom. The van der Waals surface area contributed by atoms with E-state index in [4.69, 9.17) is 0 Å². The first-order chi connectivity index (χ1) is 10.8. The van der Waals surface area contributed by atoms with E-state index in [2.05, 4.69) is 51.2 Å². The van der Waals surface area contributed by atoms with Crippen molar-refractivity contribution in [3.63, 3.8) is 0 Å². The van der Waals surface area contributed by atoms with Crippen molar-refractivity contribution in [1.82, 2.24) is 19.7 Å². The molecule has 0 aliphatic carbocycles. The normalized spacial score (nSPS) is 10.6. The summed E-state index contributed by atoms with van der Waals surface area (Å²) in [5.74, 6) is 1.54. The van der Waals surface area contributed by atoms with E-state index >= 15 is 0 Å².